The van der Waals surface area contributed by atoms with Gasteiger partial charge in [0.2, 0.25) is 0 Å². The van der Waals surface area contributed by atoms with Crippen LogP contribution >= 0.6 is 0 Å². The maximum atomic E-state index is 13.5. The highest BCUT2D eigenvalue weighted by atomic mass is 19.1. The maximum Gasteiger partial charge on any atom is 0.149 e. The Labute approximate surface area is 116 Å². The Bertz CT molecular complexity index is 614. The number of halogens is 2. The number of para-hydroxylation sites is 2. The molecule has 102 valence electrons. The Morgan fingerprint density at radius 1 is 1.05 bits per heavy atom. The summed E-state index contributed by atoms with van der Waals surface area (Å²) in [7, 11) is 0. The Morgan fingerprint density at radius 2 is 1.75 bits per heavy atom. The van der Waals surface area contributed by atoms with Gasteiger partial charge < -0.3 is 10.1 Å². The van der Waals surface area contributed by atoms with E-state index in [1.807, 2.05) is 6.07 Å². The fraction of sp³-hybridized carbons (Fsp3) is 0.125. The van der Waals surface area contributed by atoms with Crippen molar-refractivity contribution in [3.05, 3.63) is 59.7 Å². The highest BCUT2D eigenvalue weighted by Gasteiger charge is 2.09. The summed E-state index contributed by atoms with van der Waals surface area (Å²) in [5.74, 6) is 1.70. The Balaban J connectivity index is 2.13. The van der Waals surface area contributed by atoms with E-state index in [-0.39, 0.29) is 18.8 Å². The summed E-state index contributed by atoms with van der Waals surface area (Å²) in [6.45, 7) is 0.379. The first-order chi connectivity index (χ1) is 9.72. The van der Waals surface area contributed by atoms with Crippen LogP contribution in [0.4, 0.5) is 14.5 Å². The van der Waals surface area contributed by atoms with Gasteiger partial charge in [0.15, 0.2) is 0 Å². The molecule has 0 amide bonds. The van der Waals surface area contributed by atoms with Gasteiger partial charge in [-0.15, -0.1) is 6.42 Å². The van der Waals surface area contributed by atoms with Gasteiger partial charge in [-0.25, -0.2) is 8.78 Å². The molecule has 2 aromatic carbocycles. The molecule has 0 aliphatic rings. The van der Waals surface area contributed by atoms with E-state index in [0.29, 0.717) is 5.75 Å². The van der Waals surface area contributed by atoms with E-state index in [9.17, 15) is 8.78 Å². The molecule has 2 nitrogen and oxygen atoms in total. The number of anilines is 1. The molecule has 0 spiro atoms. The quantitative estimate of drug-likeness (QED) is 0.841. The van der Waals surface area contributed by atoms with Crippen LogP contribution in [0.5, 0.6) is 5.75 Å². The lowest BCUT2D eigenvalue weighted by molar-refractivity contribution is 0.366. The van der Waals surface area contributed by atoms with Crippen LogP contribution in [0.1, 0.15) is 5.56 Å². The second-order valence-electron chi connectivity index (χ2n) is 4.05. The van der Waals surface area contributed by atoms with Crippen LogP contribution < -0.4 is 10.1 Å². The van der Waals surface area contributed by atoms with Crippen molar-refractivity contribution in [2.45, 2.75) is 6.54 Å². The van der Waals surface area contributed by atoms with Crippen molar-refractivity contribution < 1.29 is 13.5 Å². The third kappa shape index (κ3) is 3.27. The van der Waals surface area contributed by atoms with Gasteiger partial charge in [0, 0.05) is 12.1 Å². The van der Waals surface area contributed by atoms with Gasteiger partial charge in [-0.2, -0.15) is 0 Å². The van der Waals surface area contributed by atoms with Crippen molar-refractivity contribution in [1.29, 1.82) is 0 Å². The van der Waals surface area contributed by atoms with Gasteiger partial charge in [-0.3, -0.25) is 0 Å². The summed E-state index contributed by atoms with van der Waals surface area (Å²) in [5.41, 5.74) is 0.615. The van der Waals surface area contributed by atoms with Gasteiger partial charge in [0.1, 0.15) is 29.7 Å². The second-order valence-corrected chi connectivity index (χ2v) is 4.05. The lowest BCUT2D eigenvalue weighted by atomic mass is 10.2. The maximum absolute atomic E-state index is 13.5. The highest BCUT2D eigenvalue weighted by molar-refractivity contribution is 5.47. The van der Waals surface area contributed by atoms with E-state index < -0.39 is 11.6 Å². The fourth-order valence-corrected chi connectivity index (χ4v) is 1.76. The smallest absolute Gasteiger partial charge is 0.149 e. The van der Waals surface area contributed by atoms with Crippen molar-refractivity contribution in [3.8, 4) is 18.1 Å². The monoisotopic (exact) mass is 273 g/mol. The molecule has 0 unspecified atom stereocenters. The van der Waals surface area contributed by atoms with Gasteiger partial charge in [-0.1, -0.05) is 30.2 Å². The fourth-order valence-electron chi connectivity index (χ4n) is 1.76. The SMILES string of the molecule is C#CCOc1ccccc1CNc1c(F)cccc1F. The number of nitrogens with one attached hydrogen (secondary N) is 1. The van der Waals surface area contributed by atoms with E-state index in [2.05, 4.69) is 11.2 Å². The van der Waals surface area contributed by atoms with Crippen molar-refractivity contribution >= 4 is 5.69 Å². The molecule has 2 rings (SSSR count). The highest BCUT2D eigenvalue weighted by Crippen LogP contribution is 2.22. The standard InChI is InChI=1S/C16H13F2NO/c1-2-10-20-15-9-4-3-6-12(15)11-19-16-13(17)7-5-8-14(16)18/h1,3-9,19H,10-11H2. The van der Waals surface area contributed by atoms with Crippen LogP contribution in [0.3, 0.4) is 0 Å². The van der Waals surface area contributed by atoms with Crippen LogP contribution in [-0.4, -0.2) is 6.61 Å². The number of ether oxygens (including phenoxy) is 1. The number of rotatable bonds is 5. The first kappa shape index (κ1) is 13.9. The molecule has 0 aromatic heterocycles. The molecule has 0 aliphatic carbocycles. The van der Waals surface area contributed by atoms with Crippen LogP contribution in [-0.2, 0) is 6.54 Å². The Kier molecular flexibility index (Phi) is 4.56. The average Bonchev–Trinajstić information content (AvgIpc) is 2.45. The van der Waals surface area contributed by atoms with E-state index in [4.69, 9.17) is 11.2 Å². The number of hydrogen-bond acceptors (Lipinski definition) is 2. The first-order valence-electron chi connectivity index (χ1n) is 6.04. The van der Waals surface area contributed by atoms with E-state index in [0.717, 1.165) is 5.56 Å². The summed E-state index contributed by atoms with van der Waals surface area (Å²) in [5, 5.41) is 2.73. The zero-order chi connectivity index (χ0) is 14.4. The van der Waals surface area contributed by atoms with Crippen molar-refractivity contribution in [1.82, 2.24) is 0 Å². The number of terminal acetylenes is 1. The van der Waals surface area contributed by atoms with Crippen LogP contribution in [0.25, 0.3) is 0 Å². The molecular formula is C16H13F2NO. The molecule has 0 saturated carbocycles. The minimum Gasteiger partial charge on any atom is -0.481 e. The molecule has 2 aromatic rings. The Morgan fingerprint density at radius 3 is 2.45 bits per heavy atom. The largest absolute Gasteiger partial charge is 0.481 e. The molecular weight excluding hydrogens is 260 g/mol. The zero-order valence-electron chi connectivity index (χ0n) is 10.7. The Hall–Kier alpha value is -2.54. The van der Waals surface area contributed by atoms with Crippen LogP contribution in [0, 0.1) is 24.0 Å². The van der Waals surface area contributed by atoms with Gasteiger partial charge in [0.25, 0.3) is 0 Å². The summed E-state index contributed by atoms with van der Waals surface area (Å²) in [6, 6.07) is 10.9. The first-order valence-corrected chi connectivity index (χ1v) is 6.04. The van der Waals surface area contributed by atoms with Gasteiger partial charge in [-0.05, 0) is 18.2 Å². The van der Waals surface area contributed by atoms with Crippen LogP contribution in [0.15, 0.2) is 42.5 Å². The van der Waals surface area contributed by atoms with Gasteiger partial charge >= 0.3 is 0 Å². The molecule has 0 saturated heterocycles. The molecule has 0 heterocycles. The van der Waals surface area contributed by atoms with Crippen molar-refractivity contribution in [3.63, 3.8) is 0 Å². The van der Waals surface area contributed by atoms with Crippen molar-refractivity contribution in [2.75, 3.05) is 11.9 Å². The predicted molar refractivity (Wildman–Crippen MR) is 74.5 cm³/mol. The number of hydrogen-bond donors (Lipinski definition) is 1. The van der Waals surface area contributed by atoms with E-state index >= 15 is 0 Å². The summed E-state index contributed by atoms with van der Waals surface area (Å²) < 4.78 is 32.4. The van der Waals surface area contributed by atoms with Gasteiger partial charge in [0.05, 0.1) is 0 Å². The lowest BCUT2D eigenvalue weighted by Crippen LogP contribution is -2.06. The molecule has 1 N–H and O–H groups in total. The third-order valence-corrected chi connectivity index (χ3v) is 2.70. The third-order valence-electron chi connectivity index (χ3n) is 2.70. The molecule has 0 radical (unpaired) electrons. The summed E-state index contributed by atoms with van der Waals surface area (Å²) in [6.07, 6.45) is 5.14. The van der Waals surface area contributed by atoms with Crippen molar-refractivity contribution in [2.24, 2.45) is 0 Å². The van der Waals surface area contributed by atoms with Crippen LogP contribution in [0.2, 0.25) is 0 Å². The predicted octanol–water partition coefficient (Wildman–Crippen LogP) is 3.59. The molecule has 0 fully saturated rings. The van der Waals surface area contributed by atoms with E-state index in [1.165, 1.54) is 18.2 Å². The summed E-state index contributed by atoms with van der Waals surface area (Å²) >= 11 is 0. The average molecular weight is 273 g/mol. The molecule has 4 heteroatoms. The second kappa shape index (κ2) is 6.58. The topological polar surface area (TPSA) is 21.3 Å². The minimum absolute atomic E-state index is 0.144. The molecule has 0 atom stereocenters. The normalized spacial score (nSPS) is 9.85. The molecule has 0 bridgehead atoms. The number of benzene rings is 2. The summed E-state index contributed by atoms with van der Waals surface area (Å²) in [4.78, 5) is 0. The molecule has 20 heavy (non-hydrogen) atoms. The van der Waals surface area contributed by atoms with E-state index in [1.54, 1.807) is 18.2 Å². The minimum atomic E-state index is -0.632. The zero-order valence-corrected chi connectivity index (χ0v) is 10.7. The lowest BCUT2D eigenvalue weighted by Gasteiger charge is -2.12. The molecule has 0 aliphatic heterocycles.